The molecule has 0 aliphatic carbocycles. The van der Waals surface area contributed by atoms with E-state index < -0.39 is 5.97 Å². The molecular weight excluding hydrogens is 315 g/mol. The summed E-state index contributed by atoms with van der Waals surface area (Å²) in [5.74, 6) is -0.480. The normalized spacial score (nSPS) is 10.7. The van der Waals surface area contributed by atoms with Crippen LogP contribution in [-0.4, -0.2) is 20.6 Å². The lowest BCUT2D eigenvalue weighted by molar-refractivity contribution is -0.136. The van der Waals surface area contributed by atoms with Crippen molar-refractivity contribution in [2.75, 3.05) is 0 Å². The minimum absolute atomic E-state index is 0.0426. The van der Waals surface area contributed by atoms with Crippen LogP contribution >= 0.6 is 15.9 Å². The number of nitrogens with zero attached hydrogens (tertiary/aromatic N) is 2. The Hall–Kier alpha value is -1.69. The summed E-state index contributed by atoms with van der Waals surface area (Å²) >= 11 is 3.33. The van der Waals surface area contributed by atoms with Crippen molar-refractivity contribution in [2.24, 2.45) is 7.05 Å². The summed E-state index contributed by atoms with van der Waals surface area (Å²) in [6.07, 6.45) is 0.432. The van der Waals surface area contributed by atoms with Gasteiger partial charge < -0.3 is 9.67 Å². The topological polar surface area (TPSA) is 55.1 Å². The van der Waals surface area contributed by atoms with E-state index in [0.29, 0.717) is 16.8 Å². The van der Waals surface area contributed by atoms with E-state index in [1.165, 1.54) is 12.1 Å². The molecule has 1 heterocycles. The molecular formula is C13H12BrFN2O2. The second-order valence-electron chi connectivity index (χ2n) is 4.13. The first-order chi connectivity index (χ1) is 8.99. The van der Waals surface area contributed by atoms with Gasteiger partial charge in [-0.1, -0.05) is 0 Å². The van der Waals surface area contributed by atoms with Crippen LogP contribution in [0.2, 0.25) is 0 Å². The van der Waals surface area contributed by atoms with Gasteiger partial charge in [0.1, 0.15) is 16.2 Å². The maximum Gasteiger partial charge on any atom is 0.303 e. The largest absolute Gasteiger partial charge is 0.481 e. The Morgan fingerprint density at radius 1 is 1.42 bits per heavy atom. The van der Waals surface area contributed by atoms with Gasteiger partial charge in [0.25, 0.3) is 0 Å². The number of aromatic nitrogens is 2. The van der Waals surface area contributed by atoms with Gasteiger partial charge in [0.2, 0.25) is 0 Å². The highest BCUT2D eigenvalue weighted by Crippen LogP contribution is 2.25. The van der Waals surface area contributed by atoms with E-state index in [9.17, 15) is 9.18 Å². The van der Waals surface area contributed by atoms with Gasteiger partial charge in [-0.25, -0.2) is 9.37 Å². The number of benzene rings is 1. The zero-order valence-electron chi connectivity index (χ0n) is 10.2. The minimum Gasteiger partial charge on any atom is -0.481 e. The summed E-state index contributed by atoms with van der Waals surface area (Å²) in [6, 6.07) is 6.03. The second kappa shape index (κ2) is 5.52. The molecule has 0 saturated heterocycles. The lowest BCUT2D eigenvalue weighted by Gasteiger charge is -2.05. The molecule has 2 rings (SSSR count). The third-order valence-electron chi connectivity index (χ3n) is 2.84. The van der Waals surface area contributed by atoms with E-state index in [4.69, 9.17) is 5.11 Å². The van der Waals surface area contributed by atoms with Crippen LogP contribution < -0.4 is 0 Å². The van der Waals surface area contributed by atoms with Crippen LogP contribution in [0.15, 0.2) is 28.9 Å². The molecule has 0 radical (unpaired) electrons. The van der Waals surface area contributed by atoms with E-state index in [1.807, 2.05) is 11.6 Å². The molecule has 0 unspecified atom stereocenters. The fourth-order valence-corrected chi connectivity index (χ4v) is 2.48. The third-order valence-corrected chi connectivity index (χ3v) is 3.48. The lowest BCUT2D eigenvalue weighted by atomic mass is 10.2. The van der Waals surface area contributed by atoms with Crippen molar-refractivity contribution in [2.45, 2.75) is 12.8 Å². The van der Waals surface area contributed by atoms with Crippen LogP contribution in [0.4, 0.5) is 4.39 Å². The fourth-order valence-electron chi connectivity index (χ4n) is 1.85. The molecule has 100 valence electrons. The Kier molecular flexibility index (Phi) is 3.99. The van der Waals surface area contributed by atoms with Gasteiger partial charge in [-0.3, -0.25) is 4.79 Å². The lowest BCUT2D eigenvalue weighted by Crippen LogP contribution is -2.03. The van der Waals surface area contributed by atoms with E-state index in [2.05, 4.69) is 20.9 Å². The highest BCUT2D eigenvalue weighted by molar-refractivity contribution is 9.10. The van der Waals surface area contributed by atoms with Crippen molar-refractivity contribution in [1.82, 2.24) is 9.55 Å². The van der Waals surface area contributed by atoms with Gasteiger partial charge in [-0.05, 0) is 40.2 Å². The Morgan fingerprint density at radius 3 is 2.63 bits per heavy atom. The first kappa shape index (κ1) is 13.7. The maximum absolute atomic E-state index is 12.9. The van der Waals surface area contributed by atoms with Crippen molar-refractivity contribution in [3.8, 4) is 11.4 Å². The van der Waals surface area contributed by atoms with Crippen molar-refractivity contribution in [3.05, 3.63) is 40.4 Å². The first-order valence-corrected chi connectivity index (χ1v) is 6.47. The van der Waals surface area contributed by atoms with Gasteiger partial charge in [0, 0.05) is 19.0 Å². The Bertz CT molecular complexity index is 608. The van der Waals surface area contributed by atoms with Crippen LogP contribution in [0.5, 0.6) is 0 Å². The molecule has 0 aliphatic heterocycles. The summed E-state index contributed by atoms with van der Waals surface area (Å²) in [6.45, 7) is 0. The van der Waals surface area contributed by atoms with Crippen LogP contribution in [0, 0.1) is 5.82 Å². The van der Waals surface area contributed by atoms with Crippen LogP contribution in [0.3, 0.4) is 0 Å². The zero-order chi connectivity index (χ0) is 14.0. The zero-order valence-corrected chi connectivity index (χ0v) is 11.8. The molecule has 0 bridgehead atoms. The van der Waals surface area contributed by atoms with Crippen molar-refractivity contribution < 1.29 is 14.3 Å². The van der Waals surface area contributed by atoms with Crippen molar-refractivity contribution in [1.29, 1.82) is 0 Å². The van der Waals surface area contributed by atoms with Crippen molar-refractivity contribution >= 4 is 21.9 Å². The molecule has 0 aliphatic rings. The number of carboxylic acid groups (broad SMARTS) is 1. The number of imidazole rings is 1. The molecule has 1 N–H and O–H groups in total. The van der Waals surface area contributed by atoms with E-state index in [0.717, 1.165) is 11.3 Å². The van der Waals surface area contributed by atoms with Gasteiger partial charge >= 0.3 is 5.97 Å². The number of carboxylic acids is 1. The van der Waals surface area contributed by atoms with Gasteiger partial charge in [0.15, 0.2) is 0 Å². The summed E-state index contributed by atoms with van der Waals surface area (Å²) in [5.41, 5.74) is 1.59. The maximum atomic E-state index is 12.9. The number of hydrogen-bond acceptors (Lipinski definition) is 2. The average Bonchev–Trinajstić information content (AvgIpc) is 2.63. The number of halogens is 2. The molecule has 0 atom stereocenters. The highest BCUT2D eigenvalue weighted by atomic mass is 79.9. The van der Waals surface area contributed by atoms with Gasteiger partial charge in [-0.2, -0.15) is 0 Å². The Morgan fingerprint density at radius 2 is 2.05 bits per heavy atom. The molecule has 0 fully saturated rings. The molecule has 2 aromatic rings. The Balaban J connectivity index is 2.35. The third kappa shape index (κ3) is 3.01. The molecule has 1 aromatic heterocycles. The summed E-state index contributed by atoms with van der Waals surface area (Å²) in [7, 11) is 1.81. The second-order valence-corrected chi connectivity index (χ2v) is 4.88. The number of hydrogen-bond donors (Lipinski definition) is 1. The standard InChI is InChI=1S/C13H12BrFN2O2/c1-17-10(6-7-11(18)19)12(14)16-13(17)8-2-4-9(15)5-3-8/h2-5H,6-7H2,1H3,(H,18,19). The predicted octanol–water partition coefficient (Wildman–Crippen LogP) is 3.01. The van der Waals surface area contributed by atoms with Crippen LogP contribution in [0.1, 0.15) is 12.1 Å². The number of rotatable bonds is 4. The summed E-state index contributed by atoms with van der Waals surface area (Å²) in [4.78, 5) is 15.0. The number of aliphatic carboxylic acids is 1. The van der Waals surface area contributed by atoms with E-state index in [1.54, 1.807) is 12.1 Å². The first-order valence-electron chi connectivity index (χ1n) is 5.68. The average molecular weight is 327 g/mol. The minimum atomic E-state index is -0.851. The Labute approximate surface area is 118 Å². The number of carbonyl (C=O) groups is 1. The quantitative estimate of drug-likeness (QED) is 0.939. The summed E-state index contributed by atoms with van der Waals surface area (Å²) in [5, 5.41) is 8.72. The van der Waals surface area contributed by atoms with Crippen LogP contribution in [-0.2, 0) is 18.3 Å². The van der Waals surface area contributed by atoms with E-state index in [-0.39, 0.29) is 12.2 Å². The van der Waals surface area contributed by atoms with Gasteiger partial charge in [-0.15, -0.1) is 0 Å². The predicted molar refractivity (Wildman–Crippen MR) is 72.3 cm³/mol. The monoisotopic (exact) mass is 326 g/mol. The SMILES string of the molecule is Cn1c(-c2ccc(F)cc2)nc(Br)c1CCC(=O)O. The summed E-state index contributed by atoms with van der Waals surface area (Å²) < 4.78 is 15.3. The molecule has 0 spiro atoms. The molecule has 0 saturated carbocycles. The van der Waals surface area contributed by atoms with Crippen LogP contribution in [0.25, 0.3) is 11.4 Å². The van der Waals surface area contributed by atoms with Crippen molar-refractivity contribution in [3.63, 3.8) is 0 Å². The van der Waals surface area contributed by atoms with Gasteiger partial charge in [0.05, 0.1) is 12.1 Å². The molecule has 0 amide bonds. The molecule has 4 nitrogen and oxygen atoms in total. The molecule has 1 aromatic carbocycles. The molecule has 6 heteroatoms. The van der Waals surface area contributed by atoms with E-state index >= 15 is 0 Å². The fraction of sp³-hybridized carbons (Fsp3) is 0.231. The smallest absolute Gasteiger partial charge is 0.303 e. The highest BCUT2D eigenvalue weighted by Gasteiger charge is 2.15. The molecule has 19 heavy (non-hydrogen) atoms.